The first kappa shape index (κ1) is 31.2. The predicted molar refractivity (Wildman–Crippen MR) is 171 cm³/mol. The van der Waals surface area contributed by atoms with Crippen molar-refractivity contribution in [2.24, 2.45) is 11.8 Å². The van der Waals surface area contributed by atoms with Crippen molar-refractivity contribution in [1.29, 1.82) is 0 Å². The summed E-state index contributed by atoms with van der Waals surface area (Å²) in [5, 5.41) is 26.8. The molecule has 11 heteroatoms. The maximum Gasteiger partial charge on any atom is 0.307 e. The Balaban J connectivity index is 1.61. The molecule has 2 aromatic heterocycles. The number of rotatable bonds is 11. The second-order valence-corrected chi connectivity index (χ2v) is 13.2. The summed E-state index contributed by atoms with van der Waals surface area (Å²) in [7, 11) is 0. The Morgan fingerprint density at radius 2 is 1.77 bits per heavy atom. The van der Waals surface area contributed by atoms with Gasteiger partial charge in [-0.15, -0.1) is 0 Å². The highest BCUT2D eigenvalue weighted by atomic mass is 32.2. The van der Waals surface area contributed by atoms with Crippen LogP contribution in [0, 0.1) is 25.7 Å². The summed E-state index contributed by atoms with van der Waals surface area (Å²) in [6.07, 6.45) is 7.64. The molecule has 232 valence electrons. The molecule has 10 nitrogen and oxygen atoms in total. The molecule has 4 atom stereocenters. The number of carbonyl (C=O) groups is 4. The van der Waals surface area contributed by atoms with Gasteiger partial charge in [-0.05, 0) is 78.6 Å². The van der Waals surface area contributed by atoms with Crippen LogP contribution in [0.2, 0.25) is 0 Å². The zero-order valence-electron chi connectivity index (χ0n) is 25.3. The van der Waals surface area contributed by atoms with Gasteiger partial charge in [0.1, 0.15) is 0 Å². The Hall–Kier alpha value is -4.25. The first-order valence-corrected chi connectivity index (χ1v) is 15.9. The summed E-state index contributed by atoms with van der Waals surface area (Å²) in [6.45, 7) is 11.5. The number of carboxylic acid groups (broad SMARTS) is 2. The number of aromatic nitrogens is 2. The van der Waals surface area contributed by atoms with Crippen LogP contribution in [0.15, 0.2) is 29.5 Å². The van der Waals surface area contributed by atoms with Crippen molar-refractivity contribution >= 4 is 53.7 Å². The average Bonchev–Trinajstić information content (AvgIpc) is 3.53. The molecule has 0 aliphatic carbocycles. The summed E-state index contributed by atoms with van der Waals surface area (Å²) in [5.41, 5.74) is 7.32. The molecule has 0 bridgehead atoms. The fraction of sp³-hybridized carbons (Fsp3) is 0.394. The Bertz CT molecular complexity index is 1760. The van der Waals surface area contributed by atoms with E-state index in [4.69, 9.17) is 0 Å². The second kappa shape index (κ2) is 12.4. The number of carboxylic acids is 2. The third-order valence-electron chi connectivity index (χ3n) is 9.04. The molecule has 44 heavy (non-hydrogen) atoms. The predicted octanol–water partition coefficient (Wildman–Crippen LogP) is 1.52. The first-order chi connectivity index (χ1) is 20.9. The molecule has 2 aromatic rings. The molecule has 0 spiro atoms. The third-order valence-corrected chi connectivity index (χ3v) is 10.1. The Morgan fingerprint density at radius 3 is 2.39 bits per heavy atom. The average molecular weight is 620 g/mol. The molecular weight excluding hydrogens is 580 g/mol. The largest absolute Gasteiger partial charge is 0.481 e. The van der Waals surface area contributed by atoms with Gasteiger partial charge in [-0.25, -0.2) is 0 Å². The molecule has 0 aromatic carbocycles. The molecule has 5 heterocycles. The van der Waals surface area contributed by atoms with Crippen molar-refractivity contribution in [2.45, 2.75) is 64.7 Å². The van der Waals surface area contributed by atoms with Crippen LogP contribution in [0.1, 0.15) is 60.5 Å². The number of nitrogens with one attached hydrogen (secondary N) is 4. The van der Waals surface area contributed by atoms with Gasteiger partial charge in [-0.3, -0.25) is 19.2 Å². The van der Waals surface area contributed by atoms with Crippen LogP contribution in [-0.2, 0) is 43.8 Å². The number of carbonyl (C=O) groups excluding carboxylic acids is 2. The van der Waals surface area contributed by atoms with Crippen LogP contribution >= 0.6 is 0 Å². The maximum absolute atomic E-state index is 12.6. The molecule has 0 unspecified atom stereocenters. The monoisotopic (exact) mass is 619 g/mol. The lowest BCUT2D eigenvalue weighted by Gasteiger charge is -2.12. The standard InChI is InChI=1S/C33H38N4O6S/c1-6-19-15(2)24(36-33(19)43)11-22-16(3)20(7-9-29(38)39)25(34-22)13-26-21(8-10-30(40)41)17(4)23(35-26)12-27-31(28-14-44-28)18(5)32(42)37-27/h6-7,12-13,18,24,28,31,34-35H,1,8-11,14H2,2-5H3,(H,36,43)(H,37,42)(H,38,39)(H,40,41)/p+1/b20-7-,25-13-,27-12-/t18-,24-,28+,31-/m1/s1. The maximum atomic E-state index is 12.6. The van der Waals surface area contributed by atoms with Crippen LogP contribution in [0.5, 0.6) is 0 Å². The van der Waals surface area contributed by atoms with E-state index in [2.05, 4.69) is 27.2 Å². The lowest BCUT2D eigenvalue weighted by molar-refractivity contribution is -0.137. The van der Waals surface area contributed by atoms with E-state index >= 15 is 0 Å². The van der Waals surface area contributed by atoms with Crippen LogP contribution < -0.4 is 21.2 Å². The van der Waals surface area contributed by atoms with Crippen molar-refractivity contribution < 1.29 is 29.4 Å². The normalized spacial score (nSPS) is 24.8. The molecule has 3 aliphatic rings. The molecule has 5 rings (SSSR count). The quantitative estimate of drug-likeness (QED) is 0.127. The van der Waals surface area contributed by atoms with E-state index in [0.717, 1.165) is 50.3 Å². The molecule has 6 N–H and O–H groups in total. The summed E-state index contributed by atoms with van der Waals surface area (Å²) in [6, 6.07) is -0.229. The molecule has 0 radical (unpaired) electrons. The van der Waals surface area contributed by atoms with E-state index in [1.54, 1.807) is 12.2 Å². The minimum Gasteiger partial charge on any atom is -0.481 e. The Labute approximate surface area is 259 Å². The van der Waals surface area contributed by atoms with Gasteiger partial charge in [-0.1, -0.05) is 25.7 Å². The van der Waals surface area contributed by atoms with E-state index in [0.29, 0.717) is 34.7 Å². The lowest BCUT2D eigenvalue weighted by Crippen LogP contribution is -2.30. The highest BCUT2D eigenvalue weighted by molar-refractivity contribution is 7.86. The number of aliphatic carboxylic acids is 2. The smallest absolute Gasteiger partial charge is 0.307 e. The second-order valence-electron chi connectivity index (χ2n) is 11.8. The van der Waals surface area contributed by atoms with Crippen molar-refractivity contribution in [3.8, 4) is 0 Å². The van der Waals surface area contributed by atoms with E-state index in [1.807, 2.05) is 39.8 Å². The van der Waals surface area contributed by atoms with E-state index in [9.17, 15) is 29.4 Å². The van der Waals surface area contributed by atoms with E-state index < -0.39 is 11.9 Å². The van der Waals surface area contributed by atoms with Gasteiger partial charge < -0.3 is 30.8 Å². The number of aromatic amines is 2. The summed E-state index contributed by atoms with van der Waals surface area (Å²) >= 11 is 1.35. The van der Waals surface area contributed by atoms with Gasteiger partial charge >= 0.3 is 11.9 Å². The van der Waals surface area contributed by atoms with E-state index in [1.165, 1.54) is 11.8 Å². The van der Waals surface area contributed by atoms with Crippen molar-refractivity contribution in [2.75, 3.05) is 5.75 Å². The van der Waals surface area contributed by atoms with Gasteiger partial charge in [0.25, 0.3) is 5.91 Å². The number of hydrogen-bond donors (Lipinski definition) is 6. The van der Waals surface area contributed by atoms with Crippen LogP contribution in [0.3, 0.4) is 0 Å². The number of amides is 2. The van der Waals surface area contributed by atoms with Gasteiger partial charge in [0.15, 0.2) is 11.0 Å². The summed E-state index contributed by atoms with van der Waals surface area (Å²) in [4.78, 5) is 55.0. The molecule has 2 amide bonds. The Morgan fingerprint density at radius 1 is 1.05 bits per heavy atom. The third kappa shape index (κ3) is 6.19. The van der Waals surface area contributed by atoms with Crippen molar-refractivity contribution in [3.05, 3.63) is 73.8 Å². The van der Waals surface area contributed by atoms with Crippen LogP contribution in [0.4, 0.5) is 0 Å². The van der Waals surface area contributed by atoms with Crippen molar-refractivity contribution in [1.82, 2.24) is 20.6 Å². The van der Waals surface area contributed by atoms with Gasteiger partial charge in [0, 0.05) is 52.5 Å². The highest BCUT2D eigenvalue weighted by Gasteiger charge is 2.52. The minimum absolute atomic E-state index is 0.0159. The van der Waals surface area contributed by atoms with Crippen LogP contribution in [-0.4, -0.2) is 61.0 Å². The first-order valence-electron chi connectivity index (χ1n) is 14.8. The van der Waals surface area contributed by atoms with Crippen LogP contribution in [0.25, 0.3) is 18.2 Å². The van der Waals surface area contributed by atoms with Crippen molar-refractivity contribution in [3.63, 3.8) is 0 Å². The molecule has 2 saturated heterocycles. The number of hydrogen-bond acceptors (Lipinski definition) is 4. The zero-order chi connectivity index (χ0) is 31.9. The molecule has 3 aliphatic heterocycles. The highest BCUT2D eigenvalue weighted by Crippen LogP contribution is 2.38. The fourth-order valence-electron chi connectivity index (χ4n) is 6.36. The Kier molecular flexibility index (Phi) is 8.78. The number of allylic oxidation sites excluding steroid dienone is 1. The fourth-order valence-corrected chi connectivity index (χ4v) is 7.36. The van der Waals surface area contributed by atoms with Gasteiger partial charge in [0.05, 0.1) is 18.4 Å². The number of thiol groups is 1. The van der Waals surface area contributed by atoms with Gasteiger partial charge in [0.2, 0.25) is 5.91 Å². The lowest BCUT2D eigenvalue weighted by atomic mass is 9.91. The summed E-state index contributed by atoms with van der Waals surface area (Å²) < 4.78 is 0. The molecule has 0 saturated carbocycles. The zero-order valence-corrected chi connectivity index (χ0v) is 26.2. The topological polar surface area (TPSA) is 164 Å². The number of H-pyrrole nitrogens is 2. The molecule has 2 fully saturated rings. The SMILES string of the molecule is C=CC1=C(C)[C@@H](Cc2[nH]c(=C\c3[nH]c(/C=C4\NC(=O)[C@H](C)[C@H]4[C@@H]4C[SH+]4)c(C)c3CCC(=O)O)/c(=C\CC(=O)O)c2C)NC1=O. The van der Waals surface area contributed by atoms with Gasteiger partial charge in [-0.2, -0.15) is 0 Å². The summed E-state index contributed by atoms with van der Waals surface area (Å²) in [5.74, 6) is -0.918. The molecular formula is C33H39N4O6S+. The minimum atomic E-state index is -0.959. The van der Waals surface area contributed by atoms with E-state index in [-0.39, 0.29) is 42.5 Å².